The summed E-state index contributed by atoms with van der Waals surface area (Å²) in [6.07, 6.45) is 1.87. The van der Waals surface area contributed by atoms with Crippen molar-refractivity contribution in [3.05, 3.63) is 57.5 Å². The number of hydrogen-bond acceptors (Lipinski definition) is 3. The Balaban J connectivity index is 2.11. The first-order chi connectivity index (χ1) is 9.87. The van der Waals surface area contributed by atoms with Crippen LogP contribution in [0.4, 0.5) is 10.1 Å². The molecule has 0 aliphatic carbocycles. The normalized spacial score (nSPS) is 11.4. The third-order valence-corrected chi connectivity index (χ3v) is 4.80. The van der Waals surface area contributed by atoms with E-state index in [1.165, 1.54) is 0 Å². The maximum absolute atomic E-state index is 13.1. The fourth-order valence-electron chi connectivity index (χ4n) is 1.63. The molecule has 0 bridgehead atoms. The number of aryl methyl sites for hydroxylation is 1. The van der Waals surface area contributed by atoms with Gasteiger partial charge in [0.1, 0.15) is 5.82 Å². The van der Waals surface area contributed by atoms with E-state index >= 15 is 0 Å². The Morgan fingerprint density at radius 1 is 1.33 bits per heavy atom. The number of pyridine rings is 1. The van der Waals surface area contributed by atoms with Crippen LogP contribution in [-0.4, -0.2) is 19.2 Å². The Labute approximate surface area is 135 Å². The molecule has 0 unspecified atom stereocenters. The van der Waals surface area contributed by atoms with Crippen molar-refractivity contribution in [1.82, 2.24) is 4.98 Å². The smallest absolute Gasteiger partial charge is 0.233 e. The van der Waals surface area contributed by atoms with Gasteiger partial charge in [-0.05, 0) is 40.2 Å². The zero-order chi connectivity index (χ0) is 15.5. The van der Waals surface area contributed by atoms with Gasteiger partial charge in [0.25, 0.3) is 0 Å². The van der Waals surface area contributed by atoms with Crippen LogP contribution in [0.2, 0.25) is 5.02 Å². The number of rotatable bonds is 5. The van der Waals surface area contributed by atoms with Gasteiger partial charge >= 0.3 is 0 Å². The minimum Gasteiger partial charge on any atom is -0.281 e. The van der Waals surface area contributed by atoms with Crippen molar-refractivity contribution in [2.75, 3.05) is 10.5 Å². The van der Waals surface area contributed by atoms with Crippen molar-refractivity contribution >= 4 is 43.2 Å². The number of anilines is 1. The van der Waals surface area contributed by atoms with Crippen molar-refractivity contribution in [2.45, 2.75) is 6.42 Å². The highest BCUT2D eigenvalue weighted by molar-refractivity contribution is 9.10. The fourth-order valence-corrected chi connectivity index (χ4v) is 3.83. The molecule has 0 spiro atoms. The number of aromatic nitrogens is 1. The third-order valence-electron chi connectivity index (χ3n) is 2.62. The lowest BCUT2D eigenvalue weighted by molar-refractivity contribution is 0.600. The van der Waals surface area contributed by atoms with Crippen LogP contribution in [-0.2, 0) is 16.4 Å². The molecule has 1 aromatic carbocycles. The molecule has 0 aliphatic rings. The van der Waals surface area contributed by atoms with E-state index in [1.54, 1.807) is 24.4 Å². The molecule has 2 rings (SSSR count). The highest BCUT2D eigenvalue weighted by Gasteiger charge is 2.16. The highest BCUT2D eigenvalue weighted by Crippen LogP contribution is 2.32. The first kappa shape index (κ1) is 16.2. The minimum absolute atomic E-state index is 0.0108. The second kappa shape index (κ2) is 6.72. The second-order valence-electron chi connectivity index (χ2n) is 4.24. The van der Waals surface area contributed by atoms with Gasteiger partial charge in [-0.1, -0.05) is 17.7 Å². The van der Waals surface area contributed by atoms with Crippen LogP contribution in [0.3, 0.4) is 0 Å². The molecule has 2 aromatic rings. The Bertz CT molecular complexity index is 718. The molecule has 0 saturated heterocycles. The molecular weight excluding hydrogens is 383 g/mol. The third kappa shape index (κ3) is 4.66. The zero-order valence-electron chi connectivity index (χ0n) is 10.7. The Morgan fingerprint density at radius 3 is 2.71 bits per heavy atom. The summed E-state index contributed by atoms with van der Waals surface area (Å²) in [5.41, 5.74) is 0.797. The van der Waals surface area contributed by atoms with E-state index in [1.807, 2.05) is 0 Å². The second-order valence-corrected chi connectivity index (χ2v) is 7.34. The number of benzene rings is 1. The maximum Gasteiger partial charge on any atom is 0.233 e. The molecule has 0 fully saturated rings. The van der Waals surface area contributed by atoms with E-state index in [4.69, 9.17) is 11.6 Å². The summed E-state index contributed by atoms with van der Waals surface area (Å²) < 4.78 is 39.8. The van der Waals surface area contributed by atoms with Crippen molar-refractivity contribution in [2.24, 2.45) is 0 Å². The summed E-state index contributed by atoms with van der Waals surface area (Å²) in [5.74, 6) is -0.701. The van der Waals surface area contributed by atoms with E-state index in [9.17, 15) is 12.8 Å². The monoisotopic (exact) mass is 392 g/mol. The van der Waals surface area contributed by atoms with E-state index in [0.717, 1.165) is 12.1 Å². The molecule has 112 valence electrons. The van der Waals surface area contributed by atoms with Crippen molar-refractivity contribution < 1.29 is 12.8 Å². The predicted octanol–water partition coefficient (Wildman–Crippen LogP) is 3.62. The van der Waals surface area contributed by atoms with Gasteiger partial charge in [0.05, 0.1) is 16.5 Å². The lowest BCUT2D eigenvalue weighted by Gasteiger charge is -2.11. The van der Waals surface area contributed by atoms with Crippen LogP contribution < -0.4 is 4.72 Å². The summed E-state index contributed by atoms with van der Waals surface area (Å²) in [6.45, 7) is 0. The fraction of sp³-hybridized carbons (Fsp3) is 0.154. The first-order valence-corrected chi connectivity index (χ1v) is 8.75. The summed E-state index contributed by atoms with van der Waals surface area (Å²) >= 11 is 8.93. The molecule has 4 nitrogen and oxygen atoms in total. The first-order valence-electron chi connectivity index (χ1n) is 5.92. The van der Waals surface area contributed by atoms with Gasteiger partial charge in [0, 0.05) is 22.8 Å². The molecule has 1 N–H and O–H groups in total. The van der Waals surface area contributed by atoms with Crippen LogP contribution in [0.15, 0.2) is 41.0 Å². The van der Waals surface area contributed by atoms with Gasteiger partial charge in [0.2, 0.25) is 10.0 Å². The Morgan fingerprint density at radius 2 is 2.10 bits per heavy atom. The van der Waals surface area contributed by atoms with Crippen LogP contribution in [0, 0.1) is 5.82 Å². The molecule has 21 heavy (non-hydrogen) atoms. The maximum atomic E-state index is 13.1. The molecule has 1 heterocycles. The van der Waals surface area contributed by atoms with Crippen molar-refractivity contribution in [3.63, 3.8) is 0 Å². The van der Waals surface area contributed by atoms with E-state index < -0.39 is 15.8 Å². The van der Waals surface area contributed by atoms with Gasteiger partial charge in [0.15, 0.2) is 0 Å². The molecule has 0 aliphatic heterocycles. The zero-order valence-corrected chi connectivity index (χ0v) is 13.8. The van der Waals surface area contributed by atoms with E-state index in [0.29, 0.717) is 5.69 Å². The highest BCUT2D eigenvalue weighted by atomic mass is 79.9. The van der Waals surface area contributed by atoms with Gasteiger partial charge in [-0.2, -0.15) is 0 Å². The molecule has 0 amide bonds. The minimum atomic E-state index is -3.62. The molecule has 0 atom stereocenters. The standard InChI is InChI=1S/C13H11BrClFN2O2S/c14-11-7-9(16)8-12(15)13(11)18-21(19,20)6-4-10-3-1-2-5-17-10/h1-3,5,7-8,18H,4,6H2. The van der Waals surface area contributed by atoms with Gasteiger partial charge in [-0.3, -0.25) is 9.71 Å². The summed E-state index contributed by atoms with van der Waals surface area (Å²) in [7, 11) is -3.62. The molecule has 8 heteroatoms. The van der Waals surface area contributed by atoms with Crippen molar-refractivity contribution in [3.8, 4) is 0 Å². The number of hydrogen-bond donors (Lipinski definition) is 1. The molecule has 0 radical (unpaired) electrons. The largest absolute Gasteiger partial charge is 0.281 e. The molecule has 1 aromatic heterocycles. The summed E-state index contributed by atoms with van der Waals surface area (Å²) in [5, 5.41) is -0.0108. The van der Waals surface area contributed by atoms with Crippen LogP contribution in [0.25, 0.3) is 0 Å². The van der Waals surface area contributed by atoms with Crippen LogP contribution in [0.5, 0.6) is 0 Å². The number of nitrogens with zero attached hydrogens (tertiary/aromatic N) is 1. The summed E-state index contributed by atoms with van der Waals surface area (Å²) in [6, 6.07) is 7.48. The number of sulfonamides is 1. The van der Waals surface area contributed by atoms with Gasteiger partial charge in [-0.15, -0.1) is 0 Å². The number of halogens is 3. The topological polar surface area (TPSA) is 59.1 Å². The summed E-state index contributed by atoms with van der Waals surface area (Å²) in [4.78, 5) is 4.06. The average Bonchev–Trinajstić information content (AvgIpc) is 2.42. The lowest BCUT2D eigenvalue weighted by Crippen LogP contribution is -2.19. The number of nitrogens with one attached hydrogen (secondary N) is 1. The predicted molar refractivity (Wildman–Crippen MR) is 84.5 cm³/mol. The van der Waals surface area contributed by atoms with Crippen molar-refractivity contribution in [1.29, 1.82) is 0 Å². The molecule has 0 saturated carbocycles. The average molecular weight is 394 g/mol. The van der Waals surface area contributed by atoms with Crippen LogP contribution >= 0.6 is 27.5 Å². The SMILES string of the molecule is O=S(=O)(CCc1ccccn1)Nc1c(Cl)cc(F)cc1Br. The quantitative estimate of drug-likeness (QED) is 0.844. The van der Waals surface area contributed by atoms with E-state index in [2.05, 4.69) is 25.6 Å². The molecular formula is C13H11BrClFN2O2S. The van der Waals surface area contributed by atoms with Gasteiger partial charge in [-0.25, -0.2) is 12.8 Å². The Hall–Kier alpha value is -1.18. The Kier molecular flexibility index (Phi) is 5.18. The lowest BCUT2D eigenvalue weighted by atomic mass is 10.3. The van der Waals surface area contributed by atoms with Gasteiger partial charge < -0.3 is 0 Å². The van der Waals surface area contributed by atoms with Crippen LogP contribution in [0.1, 0.15) is 5.69 Å². The van der Waals surface area contributed by atoms with E-state index in [-0.39, 0.29) is 27.4 Å².